The van der Waals surface area contributed by atoms with E-state index in [1.807, 2.05) is 48.5 Å². The fourth-order valence-corrected chi connectivity index (χ4v) is 3.24. The smallest absolute Gasteiger partial charge is 0.219 e. The Hall–Kier alpha value is -2.82. The van der Waals surface area contributed by atoms with Gasteiger partial charge in [0.15, 0.2) is 0 Å². The zero-order chi connectivity index (χ0) is 18.5. The third-order valence-electron chi connectivity index (χ3n) is 4.39. The van der Waals surface area contributed by atoms with Crippen LogP contribution in [0.4, 0.5) is 0 Å². The van der Waals surface area contributed by atoms with Gasteiger partial charge in [-0.3, -0.25) is 0 Å². The van der Waals surface area contributed by atoms with Crippen LogP contribution >= 0.6 is 11.6 Å². The van der Waals surface area contributed by atoms with Crippen molar-refractivity contribution in [2.24, 2.45) is 0 Å². The first-order valence-corrected chi connectivity index (χ1v) is 9.30. The molecule has 0 saturated heterocycles. The van der Waals surface area contributed by atoms with Gasteiger partial charge in [-0.2, -0.15) is 0 Å². The summed E-state index contributed by atoms with van der Waals surface area (Å²) < 4.78 is 5.79. The molecule has 0 amide bonds. The molecule has 136 valence electrons. The normalized spacial score (nSPS) is 11.0. The van der Waals surface area contributed by atoms with E-state index < -0.39 is 0 Å². The van der Waals surface area contributed by atoms with Crippen molar-refractivity contribution in [3.05, 3.63) is 89.2 Å². The van der Waals surface area contributed by atoms with Crippen molar-refractivity contribution in [2.45, 2.75) is 13.0 Å². The number of rotatable bonds is 7. The van der Waals surface area contributed by atoms with Gasteiger partial charge in [0.2, 0.25) is 5.88 Å². The van der Waals surface area contributed by atoms with Gasteiger partial charge in [-0.25, -0.2) is 4.98 Å². The first kappa shape index (κ1) is 17.6. The summed E-state index contributed by atoms with van der Waals surface area (Å²) >= 11 is 6.04. The Kier molecular flexibility index (Phi) is 5.37. The lowest BCUT2D eigenvalue weighted by atomic mass is 10.1. The Morgan fingerprint density at radius 1 is 1.04 bits per heavy atom. The zero-order valence-electron chi connectivity index (χ0n) is 14.8. The first-order valence-electron chi connectivity index (χ1n) is 8.92. The summed E-state index contributed by atoms with van der Waals surface area (Å²) in [7, 11) is 0. The molecule has 2 heterocycles. The minimum atomic E-state index is 0.599. The zero-order valence-corrected chi connectivity index (χ0v) is 15.5. The highest BCUT2D eigenvalue weighted by Crippen LogP contribution is 2.22. The van der Waals surface area contributed by atoms with Crippen molar-refractivity contribution in [1.82, 2.24) is 15.3 Å². The molecule has 0 aliphatic rings. The van der Waals surface area contributed by atoms with Gasteiger partial charge in [-0.05, 0) is 54.4 Å². The molecule has 0 bridgehead atoms. The monoisotopic (exact) mass is 377 g/mol. The van der Waals surface area contributed by atoms with Gasteiger partial charge >= 0.3 is 0 Å². The molecule has 0 unspecified atom stereocenters. The molecule has 0 aliphatic heterocycles. The van der Waals surface area contributed by atoms with Crippen molar-refractivity contribution >= 4 is 22.5 Å². The lowest BCUT2D eigenvalue weighted by molar-refractivity contribution is 0.462. The van der Waals surface area contributed by atoms with Crippen LogP contribution in [0.25, 0.3) is 10.9 Å². The van der Waals surface area contributed by atoms with Crippen LogP contribution in [0.15, 0.2) is 73.1 Å². The van der Waals surface area contributed by atoms with E-state index in [0.29, 0.717) is 5.88 Å². The van der Waals surface area contributed by atoms with E-state index in [9.17, 15) is 0 Å². The van der Waals surface area contributed by atoms with E-state index in [4.69, 9.17) is 16.3 Å². The quantitative estimate of drug-likeness (QED) is 0.427. The Morgan fingerprint density at radius 2 is 2.00 bits per heavy atom. The number of aromatic amines is 1. The maximum atomic E-state index is 6.04. The van der Waals surface area contributed by atoms with Crippen LogP contribution in [0.2, 0.25) is 5.02 Å². The Morgan fingerprint density at radius 3 is 2.89 bits per heavy atom. The van der Waals surface area contributed by atoms with Crippen LogP contribution in [0, 0.1) is 0 Å². The third kappa shape index (κ3) is 4.48. The number of benzene rings is 2. The number of nitrogens with zero attached hydrogens (tertiary/aromatic N) is 1. The van der Waals surface area contributed by atoms with Crippen LogP contribution in [0.5, 0.6) is 11.6 Å². The summed E-state index contributed by atoms with van der Waals surface area (Å²) in [6.45, 7) is 1.68. The van der Waals surface area contributed by atoms with Crippen LogP contribution in [-0.4, -0.2) is 16.5 Å². The van der Waals surface area contributed by atoms with E-state index in [1.54, 1.807) is 6.20 Å². The summed E-state index contributed by atoms with van der Waals surface area (Å²) in [6, 6.07) is 19.7. The van der Waals surface area contributed by atoms with Crippen LogP contribution in [0.1, 0.15) is 11.1 Å². The number of H-pyrrole nitrogens is 1. The third-order valence-corrected chi connectivity index (χ3v) is 4.62. The molecule has 0 fully saturated rings. The number of pyridine rings is 1. The van der Waals surface area contributed by atoms with E-state index in [1.165, 1.54) is 16.5 Å². The van der Waals surface area contributed by atoms with E-state index in [2.05, 4.69) is 33.6 Å². The van der Waals surface area contributed by atoms with Gasteiger partial charge in [-0.1, -0.05) is 35.9 Å². The number of hydrogen-bond acceptors (Lipinski definition) is 3. The van der Waals surface area contributed by atoms with Gasteiger partial charge in [0.05, 0.1) is 0 Å². The molecular formula is C22H20ClN3O. The largest absolute Gasteiger partial charge is 0.439 e. The van der Waals surface area contributed by atoms with Gasteiger partial charge < -0.3 is 15.0 Å². The fraction of sp³-hybridized carbons (Fsp3) is 0.136. The van der Waals surface area contributed by atoms with Crippen LogP contribution in [-0.2, 0) is 13.0 Å². The molecule has 0 saturated carbocycles. The molecule has 4 aromatic rings. The maximum absolute atomic E-state index is 6.04. The average molecular weight is 378 g/mol. The number of aromatic nitrogens is 2. The average Bonchev–Trinajstić information content (AvgIpc) is 3.08. The Balaban J connectivity index is 1.32. The second-order valence-corrected chi connectivity index (χ2v) is 6.78. The Bertz CT molecular complexity index is 1030. The number of hydrogen-bond donors (Lipinski definition) is 2. The topological polar surface area (TPSA) is 49.9 Å². The van der Waals surface area contributed by atoms with Gasteiger partial charge in [0.1, 0.15) is 5.75 Å². The van der Waals surface area contributed by atoms with Crippen molar-refractivity contribution < 1.29 is 4.74 Å². The lowest BCUT2D eigenvalue weighted by Gasteiger charge is -2.08. The van der Waals surface area contributed by atoms with Crippen molar-refractivity contribution in [1.29, 1.82) is 0 Å². The minimum absolute atomic E-state index is 0.599. The summed E-state index contributed by atoms with van der Waals surface area (Å²) in [6.07, 6.45) is 4.73. The molecule has 27 heavy (non-hydrogen) atoms. The van der Waals surface area contributed by atoms with Gasteiger partial charge in [-0.15, -0.1) is 0 Å². The molecule has 0 spiro atoms. The fourth-order valence-electron chi connectivity index (χ4n) is 3.07. The summed E-state index contributed by atoms with van der Waals surface area (Å²) in [5.41, 5.74) is 3.55. The highest BCUT2D eigenvalue weighted by molar-refractivity contribution is 6.31. The van der Waals surface area contributed by atoms with Crippen molar-refractivity contribution in [3.8, 4) is 11.6 Å². The summed E-state index contributed by atoms with van der Waals surface area (Å²) in [4.78, 5) is 7.47. The van der Waals surface area contributed by atoms with Gasteiger partial charge in [0, 0.05) is 40.9 Å². The molecule has 0 radical (unpaired) electrons. The van der Waals surface area contributed by atoms with E-state index >= 15 is 0 Å². The molecule has 2 aromatic carbocycles. The number of nitrogens with one attached hydrogen (secondary N) is 2. The molecule has 4 rings (SSSR count). The highest BCUT2D eigenvalue weighted by atomic mass is 35.5. The second kappa shape index (κ2) is 8.25. The maximum Gasteiger partial charge on any atom is 0.219 e. The summed E-state index contributed by atoms with van der Waals surface area (Å²) in [5, 5.41) is 5.48. The predicted octanol–water partition coefficient (Wildman–Crippen LogP) is 5.34. The highest BCUT2D eigenvalue weighted by Gasteiger charge is 2.04. The SMILES string of the molecule is Clc1ccc2c(CCNCc3cccc(Oc4ccccn4)c3)c[nH]c2c1. The van der Waals surface area contributed by atoms with Crippen molar-refractivity contribution in [3.63, 3.8) is 0 Å². The number of fused-ring (bicyclic) bond motifs is 1. The summed E-state index contributed by atoms with van der Waals surface area (Å²) in [5.74, 6) is 1.39. The van der Waals surface area contributed by atoms with Gasteiger partial charge in [0.25, 0.3) is 0 Å². The molecule has 5 heteroatoms. The van der Waals surface area contributed by atoms with Crippen LogP contribution in [0.3, 0.4) is 0 Å². The van der Waals surface area contributed by atoms with E-state index in [0.717, 1.165) is 35.8 Å². The molecule has 2 aromatic heterocycles. The van der Waals surface area contributed by atoms with Crippen molar-refractivity contribution in [2.75, 3.05) is 6.54 Å². The molecule has 4 nitrogen and oxygen atoms in total. The number of ether oxygens (including phenoxy) is 1. The molecule has 2 N–H and O–H groups in total. The predicted molar refractivity (Wildman–Crippen MR) is 109 cm³/mol. The lowest BCUT2D eigenvalue weighted by Crippen LogP contribution is -2.16. The standard InChI is InChI=1S/C22H20ClN3O/c23-18-7-8-20-17(15-26-21(20)13-18)9-11-24-14-16-4-3-5-19(12-16)27-22-6-1-2-10-25-22/h1-8,10,12-13,15,24,26H,9,11,14H2. The first-order chi connectivity index (χ1) is 13.3. The molecular weight excluding hydrogens is 358 g/mol. The molecule has 0 atom stereocenters. The minimum Gasteiger partial charge on any atom is -0.439 e. The second-order valence-electron chi connectivity index (χ2n) is 6.35. The Labute approximate surface area is 163 Å². The molecule has 0 aliphatic carbocycles. The van der Waals surface area contributed by atoms with Crippen LogP contribution < -0.4 is 10.1 Å². The number of halogens is 1. The van der Waals surface area contributed by atoms with E-state index in [-0.39, 0.29) is 0 Å².